The molecule has 5 heteroatoms. The molecule has 22 heavy (non-hydrogen) atoms. The lowest BCUT2D eigenvalue weighted by atomic mass is 10.0. The summed E-state index contributed by atoms with van der Waals surface area (Å²) in [5.41, 5.74) is 1.13. The molecule has 1 rings (SSSR count). The Kier molecular flexibility index (Phi) is 6.89. The van der Waals surface area contributed by atoms with Crippen LogP contribution in [0.25, 0.3) is 0 Å². The van der Waals surface area contributed by atoms with Crippen molar-refractivity contribution in [2.45, 2.75) is 33.2 Å². The minimum absolute atomic E-state index is 0.0988. The molecule has 1 aromatic rings. The van der Waals surface area contributed by atoms with Gasteiger partial charge in [-0.2, -0.15) is 0 Å². The van der Waals surface area contributed by atoms with E-state index in [9.17, 15) is 9.59 Å². The van der Waals surface area contributed by atoms with Gasteiger partial charge in [0, 0.05) is 14.1 Å². The van der Waals surface area contributed by atoms with Crippen molar-refractivity contribution in [1.82, 2.24) is 10.2 Å². The van der Waals surface area contributed by atoms with Crippen LogP contribution in [0.4, 0.5) is 0 Å². The maximum Gasteiger partial charge on any atom is 0.258 e. The number of likely N-dealkylation sites (N-methyl/N-ethyl adjacent to an activating group) is 1. The van der Waals surface area contributed by atoms with Crippen molar-refractivity contribution in [2.75, 3.05) is 20.7 Å². The number of hydrogen-bond donors (Lipinski definition) is 1. The van der Waals surface area contributed by atoms with Crippen LogP contribution >= 0.6 is 0 Å². The predicted molar refractivity (Wildman–Crippen MR) is 86.8 cm³/mol. The average Bonchev–Trinajstić information content (AvgIpc) is 2.44. The van der Waals surface area contributed by atoms with Crippen molar-refractivity contribution < 1.29 is 14.3 Å². The number of carbonyl (C=O) groups excluding carboxylic acids is 2. The van der Waals surface area contributed by atoms with Crippen LogP contribution in [0.3, 0.4) is 0 Å². The summed E-state index contributed by atoms with van der Waals surface area (Å²) in [7, 11) is 3.37. The van der Waals surface area contributed by atoms with Gasteiger partial charge in [0.05, 0.1) is 0 Å². The topological polar surface area (TPSA) is 58.6 Å². The second kappa shape index (κ2) is 8.41. The zero-order chi connectivity index (χ0) is 16.7. The van der Waals surface area contributed by atoms with Crippen molar-refractivity contribution in [3.8, 4) is 5.75 Å². The fraction of sp³-hybridized carbons (Fsp3) is 0.529. The Morgan fingerprint density at radius 3 is 2.27 bits per heavy atom. The lowest BCUT2D eigenvalue weighted by Crippen LogP contribution is -2.48. The molecular formula is C17H26N2O3. The van der Waals surface area contributed by atoms with Gasteiger partial charge >= 0.3 is 0 Å². The number of nitrogens with one attached hydrogen (secondary N) is 1. The molecule has 122 valence electrons. The minimum atomic E-state index is -0.510. The predicted octanol–water partition coefficient (Wildman–Crippen LogP) is 1.99. The quantitative estimate of drug-likeness (QED) is 0.838. The van der Waals surface area contributed by atoms with E-state index in [4.69, 9.17) is 4.74 Å². The second-order valence-corrected chi connectivity index (χ2v) is 6.08. The molecule has 2 amide bonds. The van der Waals surface area contributed by atoms with Crippen molar-refractivity contribution in [1.29, 1.82) is 0 Å². The van der Waals surface area contributed by atoms with Crippen LogP contribution in [-0.4, -0.2) is 43.5 Å². The minimum Gasteiger partial charge on any atom is -0.484 e. The number of benzene rings is 1. The van der Waals surface area contributed by atoms with Crippen LogP contribution in [0.5, 0.6) is 5.75 Å². The van der Waals surface area contributed by atoms with Crippen molar-refractivity contribution in [3.63, 3.8) is 0 Å². The van der Waals surface area contributed by atoms with Crippen molar-refractivity contribution in [3.05, 3.63) is 29.8 Å². The summed E-state index contributed by atoms with van der Waals surface area (Å²) in [6.45, 7) is 5.92. The number of hydrogen-bond acceptors (Lipinski definition) is 3. The summed E-state index contributed by atoms with van der Waals surface area (Å²) in [5, 5.41) is 2.76. The summed E-state index contributed by atoms with van der Waals surface area (Å²) in [6, 6.07) is 6.97. The Bertz CT molecular complexity index is 495. The van der Waals surface area contributed by atoms with Gasteiger partial charge in [-0.25, -0.2) is 0 Å². The number of rotatable bonds is 7. The average molecular weight is 306 g/mol. The standard InChI is InChI=1S/C17H26N2O3/c1-12(2)10-15(17(21)19(4)5)18-16(20)11-22-14-8-6-13(3)7-9-14/h6-9,12,15H,10-11H2,1-5H3,(H,18,20)/t15-/m1/s1. The molecule has 0 aromatic heterocycles. The third kappa shape index (κ3) is 6.16. The molecule has 5 nitrogen and oxygen atoms in total. The number of amides is 2. The van der Waals surface area contributed by atoms with Gasteiger partial charge in [-0.05, 0) is 31.4 Å². The van der Waals surface area contributed by atoms with Crippen LogP contribution in [0.1, 0.15) is 25.8 Å². The number of nitrogens with zero attached hydrogens (tertiary/aromatic N) is 1. The number of ether oxygens (including phenoxy) is 1. The van der Waals surface area contributed by atoms with Gasteiger partial charge in [0.2, 0.25) is 5.91 Å². The third-order valence-electron chi connectivity index (χ3n) is 3.17. The molecule has 0 heterocycles. The van der Waals surface area contributed by atoms with Gasteiger partial charge in [0.15, 0.2) is 6.61 Å². The Labute approximate surface area is 132 Å². The van der Waals surface area contributed by atoms with Crippen molar-refractivity contribution in [2.24, 2.45) is 5.92 Å². The molecule has 0 unspecified atom stereocenters. The smallest absolute Gasteiger partial charge is 0.258 e. The molecule has 0 saturated carbocycles. The Morgan fingerprint density at radius 2 is 1.77 bits per heavy atom. The molecule has 1 N–H and O–H groups in total. The molecule has 0 saturated heterocycles. The maximum atomic E-state index is 12.1. The summed E-state index contributed by atoms with van der Waals surface area (Å²) in [5.74, 6) is 0.561. The van der Waals surface area contributed by atoms with E-state index in [-0.39, 0.29) is 18.4 Å². The Balaban J connectivity index is 2.55. The molecule has 0 bridgehead atoms. The van der Waals surface area contributed by atoms with Gasteiger partial charge < -0.3 is 15.0 Å². The molecule has 0 fully saturated rings. The lowest BCUT2D eigenvalue weighted by Gasteiger charge is -2.23. The van der Waals surface area contributed by atoms with E-state index >= 15 is 0 Å². The normalized spacial score (nSPS) is 11.9. The van der Waals surface area contributed by atoms with Gasteiger partial charge in [-0.1, -0.05) is 31.5 Å². The largest absolute Gasteiger partial charge is 0.484 e. The molecule has 1 aromatic carbocycles. The van der Waals surface area contributed by atoms with E-state index in [2.05, 4.69) is 5.32 Å². The zero-order valence-electron chi connectivity index (χ0n) is 14.1. The molecular weight excluding hydrogens is 280 g/mol. The fourth-order valence-electron chi connectivity index (χ4n) is 2.02. The number of aryl methyl sites for hydroxylation is 1. The van der Waals surface area contributed by atoms with Gasteiger partial charge in [-0.3, -0.25) is 9.59 Å². The Hall–Kier alpha value is -2.04. The van der Waals surface area contributed by atoms with E-state index < -0.39 is 6.04 Å². The maximum absolute atomic E-state index is 12.1. The Morgan fingerprint density at radius 1 is 1.18 bits per heavy atom. The molecule has 0 radical (unpaired) electrons. The summed E-state index contributed by atoms with van der Waals surface area (Å²) in [4.78, 5) is 25.6. The fourth-order valence-corrected chi connectivity index (χ4v) is 2.02. The van der Waals surface area contributed by atoms with Crippen molar-refractivity contribution >= 4 is 11.8 Å². The highest BCUT2D eigenvalue weighted by atomic mass is 16.5. The van der Waals surface area contributed by atoms with E-state index in [1.807, 2.05) is 45.0 Å². The first-order valence-corrected chi connectivity index (χ1v) is 7.49. The molecule has 0 aliphatic rings. The third-order valence-corrected chi connectivity index (χ3v) is 3.17. The number of carbonyl (C=O) groups is 2. The molecule has 0 aliphatic heterocycles. The van der Waals surface area contributed by atoms with Gasteiger partial charge in [0.25, 0.3) is 5.91 Å². The van der Waals surface area contributed by atoms with E-state index in [0.717, 1.165) is 5.56 Å². The van der Waals surface area contributed by atoms with Crippen LogP contribution in [0, 0.1) is 12.8 Å². The SMILES string of the molecule is Cc1ccc(OCC(=O)N[C@H](CC(C)C)C(=O)N(C)C)cc1. The summed E-state index contributed by atoms with van der Waals surface area (Å²) >= 11 is 0. The highest BCUT2D eigenvalue weighted by Gasteiger charge is 2.23. The van der Waals surface area contributed by atoms with Crippen LogP contribution in [0.2, 0.25) is 0 Å². The van der Waals surface area contributed by atoms with E-state index in [1.165, 1.54) is 4.90 Å². The first-order chi connectivity index (χ1) is 10.3. The second-order valence-electron chi connectivity index (χ2n) is 6.08. The molecule has 0 spiro atoms. The molecule has 1 atom stereocenters. The first kappa shape index (κ1) is 18.0. The highest BCUT2D eigenvalue weighted by Crippen LogP contribution is 2.11. The van der Waals surface area contributed by atoms with Crippen LogP contribution in [-0.2, 0) is 9.59 Å². The zero-order valence-corrected chi connectivity index (χ0v) is 14.1. The summed E-state index contributed by atoms with van der Waals surface area (Å²) < 4.78 is 5.43. The summed E-state index contributed by atoms with van der Waals surface area (Å²) in [6.07, 6.45) is 0.604. The highest BCUT2D eigenvalue weighted by molar-refractivity contribution is 5.87. The van der Waals surface area contributed by atoms with Gasteiger partial charge in [0.1, 0.15) is 11.8 Å². The van der Waals surface area contributed by atoms with Crippen LogP contribution in [0.15, 0.2) is 24.3 Å². The lowest BCUT2D eigenvalue weighted by molar-refractivity contribution is -0.135. The van der Waals surface area contributed by atoms with Crippen LogP contribution < -0.4 is 10.1 Å². The monoisotopic (exact) mass is 306 g/mol. The van der Waals surface area contributed by atoms with E-state index in [1.54, 1.807) is 14.1 Å². The van der Waals surface area contributed by atoms with Gasteiger partial charge in [-0.15, -0.1) is 0 Å². The first-order valence-electron chi connectivity index (χ1n) is 7.49. The molecule has 0 aliphatic carbocycles. The van der Waals surface area contributed by atoms with E-state index in [0.29, 0.717) is 18.1 Å².